The van der Waals surface area contributed by atoms with Crippen molar-refractivity contribution >= 4 is 12.6 Å². The molecule has 0 nitrogen and oxygen atoms in total. The summed E-state index contributed by atoms with van der Waals surface area (Å²) in [6, 6.07) is 0. The van der Waals surface area contributed by atoms with Crippen LogP contribution in [-0.4, -0.2) is 5.75 Å². The van der Waals surface area contributed by atoms with E-state index in [2.05, 4.69) is 19.6 Å². The zero-order chi connectivity index (χ0) is 4.12. The molecule has 0 saturated carbocycles. The molecule has 0 unspecified atom stereocenters. The number of hydrogen-bond donors (Lipinski definition) is 1. The van der Waals surface area contributed by atoms with Gasteiger partial charge in [0, 0.05) is 19.5 Å². The molecule has 0 aliphatic carbocycles. The molecule has 0 saturated heterocycles. The van der Waals surface area contributed by atoms with Gasteiger partial charge in [0.05, 0.1) is 0 Å². The van der Waals surface area contributed by atoms with E-state index in [1.807, 2.05) is 0 Å². The van der Waals surface area contributed by atoms with Crippen LogP contribution in [0.15, 0.2) is 0 Å². The van der Waals surface area contributed by atoms with E-state index in [4.69, 9.17) is 0 Å². The molecule has 0 bridgehead atoms. The molecule has 0 aromatic carbocycles. The second-order valence-electron chi connectivity index (χ2n) is 1.08. The van der Waals surface area contributed by atoms with Gasteiger partial charge in [0.1, 0.15) is 0 Å². The Bertz CT molecular complexity index is 15.0. The van der Waals surface area contributed by atoms with Crippen LogP contribution in [0, 0.1) is 0 Å². The molecule has 0 N–H and O–H groups in total. The standard InChI is InChI=1S/C4H10S.Rh/c1-2-3-4-5;/h5H,2-4H2,1H3;. The quantitative estimate of drug-likeness (QED) is 0.501. The topological polar surface area (TPSA) is 0 Å². The van der Waals surface area contributed by atoms with Crippen molar-refractivity contribution < 1.29 is 19.5 Å². The van der Waals surface area contributed by atoms with Gasteiger partial charge in [0.25, 0.3) is 0 Å². The SMILES string of the molecule is CCCCS.[Rh]. The monoisotopic (exact) mass is 193 g/mol. The number of hydrogen-bond acceptors (Lipinski definition) is 1. The molecule has 0 heterocycles. The third kappa shape index (κ3) is 8.88. The summed E-state index contributed by atoms with van der Waals surface area (Å²) in [5.41, 5.74) is 0. The van der Waals surface area contributed by atoms with Crippen molar-refractivity contribution in [1.82, 2.24) is 0 Å². The fourth-order valence-corrected chi connectivity index (χ4v) is 0.474. The summed E-state index contributed by atoms with van der Waals surface area (Å²) in [6.07, 6.45) is 2.52. The van der Waals surface area contributed by atoms with Crippen molar-refractivity contribution in [2.45, 2.75) is 19.8 Å². The summed E-state index contributed by atoms with van der Waals surface area (Å²) in [7, 11) is 0. The fourth-order valence-electron chi connectivity index (χ4n) is 0.158. The maximum atomic E-state index is 4.00. The van der Waals surface area contributed by atoms with Crippen LogP contribution in [0.1, 0.15) is 19.8 Å². The fraction of sp³-hybridized carbons (Fsp3) is 1.00. The largest absolute Gasteiger partial charge is 0.179 e. The van der Waals surface area contributed by atoms with Crippen molar-refractivity contribution in [3.63, 3.8) is 0 Å². The van der Waals surface area contributed by atoms with E-state index < -0.39 is 0 Å². The second-order valence-corrected chi connectivity index (χ2v) is 1.52. The molecular weight excluding hydrogens is 183 g/mol. The van der Waals surface area contributed by atoms with Crippen molar-refractivity contribution in [1.29, 1.82) is 0 Å². The van der Waals surface area contributed by atoms with Crippen molar-refractivity contribution in [3.05, 3.63) is 0 Å². The maximum Gasteiger partial charge on any atom is 0 e. The van der Waals surface area contributed by atoms with E-state index in [9.17, 15) is 0 Å². The van der Waals surface area contributed by atoms with Crippen molar-refractivity contribution in [3.8, 4) is 0 Å². The minimum Gasteiger partial charge on any atom is -0.179 e. The van der Waals surface area contributed by atoms with E-state index in [1.165, 1.54) is 12.8 Å². The summed E-state index contributed by atoms with van der Waals surface area (Å²) < 4.78 is 0. The molecule has 6 heavy (non-hydrogen) atoms. The Kier molecular flexibility index (Phi) is 15.7. The van der Waals surface area contributed by atoms with Gasteiger partial charge in [-0.2, -0.15) is 12.6 Å². The smallest absolute Gasteiger partial charge is 0 e. The Morgan fingerprint density at radius 2 is 2.00 bits per heavy atom. The average Bonchev–Trinajstić information content (AvgIpc) is 1.41. The molecule has 0 aliphatic heterocycles. The van der Waals surface area contributed by atoms with Crippen LogP contribution in [0.3, 0.4) is 0 Å². The van der Waals surface area contributed by atoms with Crippen LogP contribution in [0.2, 0.25) is 0 Å². The van der Waals surface area contributed by atoms with Crippen LogP contribution in [0.25, 0.3) is 0 Å². The first-order valence-corrected chi connectivity index (χ1v) is 2.66. The van der Waals surface area contributed by atoms with E-state index in [0.717, 1.165) is 5.75 Å². The third-order valence-electron chi connectivity index (χ3n) is 0.512. The van der Waals surface area contributed by atoms with Crippen LogP contribution in [0.5, 0.6) is 0 Å². The molecule has 0 rings (SSSR count). The normalized spacial score (nSPS) is 7.00. The Balaban J connectivity index is 0. The first-order chi connectivity index (χ1) is 2.41. The molecular formula is C4H10RhS. The Morgan fingerprint density at radius 3 is 2.00 bits per heavy atom. The molecule has 0 spiro atoms. The Hall–Kier alpha value is 0.973. The van der Waals surface area contributed by atoms with Crippen molar-refractivity contribution in [2.75, 3.05) is 5.75 Å². The molecule has 0 aliphatic rings. The van der Waals surface area contributed by atoms with Gasteiger partial charge in [0.15, 0.2) is 0 Å². The third-order valence-corrected chi connectivity index (χ3v) is 0.828. The van der Waals surface area contributed by atoms with E-state index in [0.29, 0.717) is 0 Å². The maximum absolute atomic E-state index is 4.00. The van der Waals surface area contributed by atoms with Gasteiger partial charge in [-0.3, -0.25) is 0 Å². The van der Waals surface area contributed by atoms with Gasteiger partial charge in [-0.25, -0.2) is 0 Å². The molecule has 0 amide bonds. The summed E-state index contributed by atoms with van der Waals surface area (Å²) in [4.78, 5) is 0. The van der Waals surface area contributed by atoms with E-state index in [1.54, 1.807) is 0 Å². The molecule has 41 valence electrons. The first-order valence-electron chi connectivity index (χ1n) is 2.02. The van der Waals surface area contributed by atoms with Gasteiger partial charge in [-0.15, -0.1) is 0 Å². The summed E-state index contributed by atoms with van der Waals surface area (Å²) >= 11 is 4.00. The minimum atomic E-state index is 0. The molecule has 0 aromatic heterocycles. The van der Waals surface area contributed by atoms with Crippen molar-refractivity contribution in [2.24, 2.45) is 0 Å². The Morgan fingerprint density at radius 1 is 1.50 bits per heavy atom. The van der Waals surface area contributed by atoms with Crippen LogP contribution in [0.4, 0.5) is 0 Å². The molecule has 0 atom stereocenters. The van der Waals surface area contributed by atoms with E-state index >= 15 is 0 Å². The minimum absolute atomic E-state index is 0. The summed E-state index contributed by atoms with van der Waals surface area (Å²) in [6.45, 7) is 2.16. The van der Waals surface area contributed by atoms with Gasteiger partial charge in [-0.1, -0.05) is 13.3 Å². The Labute approximate surface area is 57.9 Å². The zero-order valence-electron chi connectivity index (χ0n) is 3.90. The van der Waals surface area contributed by atoms with Gasteiger partial charge in [-0.05, 0) is 12.2 Å². The molecule has 0 fully saturated rings. The predicted octanol–water partition coefficient (Wildman–Crippen LogP) is 1.71. The number of thiol groups is 1. The van der Waals surface area contributed by atoms with Gasteiger partial charge < -0.3 is 0 Å². The first kappa shape index (κ1) is 10.1. The summed E-state index contributed by atoms with van der Waals surface area (Å²) in [5.74, 6) is 1.04. The van der Waals surface area contributed by atoms with Crippen LogP contribution >= 0.6 is 12.6 Å². The molecule has 1 radical (unpaired) electrons. The predicted molar refractivity (Wildman–Crippen MR) is 28.8 cm³/mol. The number of rotatable bonds is 2. The molecule has 2 heteroatoms. The van der Waals surface area contributed by atoms with Crippen LogP contribution < -0.4 is 0 Å². The zero-order valence-corrected chi connectivity index (χ0v) is 6.43. The van der Waals surface area contributed by atoms with Gasteiger partial charge in [0.2, 0.25) is 0 Å². The van der Waals surface area contributed by atoms with E-state index in [-0.39, 0.29) is 19.5 Å². The van der Waals surface area contributed by atoms with Crippen LogP contribution in [-0.2, 0) is 19.5 Å². The molecule has 0 aromatic rings. The summed E-state index contributed by atoms with van der Waals surface area (Å²) in [5, 5.41) is 0. The average molecular weight is 193 g/mol. The van der Waals surface area contributed by atoms with Gasteiger partial charge >= 0.3 is 0 Å². The second kappa shape index (κ2) is 9.36. The number of unbranched alkanes of at least 4 members (excludes halogenated alkanes) is 1.